The molecule has 6 heteroatoms. The number of nitrogens with zero attached hydrogens (tertiary/aromatic N) is 3. The molecule has 0 spiro atoms. The molecule has 28 heavy (non-hydrogen) atoms. The number of aromatic nitrogens is 3. The summed E-state index contributed by atoms with van der Waals surface area (Å²) in [6, 6.07) is 13.6. The van der Waals surface area contributed by atoms with Gasteiger partial charge in [0.15, 0.2) is 0 Å². The lowest BCUT2D eigenvalue weighted by atomic mass is 10.1. The van der Waals surface area contributed by atoms with Crippen molar-refractivity contribution in [2.45, 2.75) is 38.3 Å². The zero-order valence-electron chi connectivity index (χ0n) is 16.0. The fourth-order valence-electron chi connectivity index (χ4n) is 3.71. The number of methoxy groups -OCH3 is 1. The molecule has 0 saturated heterocycles. The smallest absolute Gasteiger partial charge is 0.251 e. The topological polar surface area (TPSA) is 69.0 Å². The lowest BCUT2D eigenvalue weighted by molar-refractivity contribution is 0.0950. The summed E-state index contributed by atoms with van der Waals surface area (Å²) in [5.41, 5.74) is 3.65. The van der Waals surface area contributed by atoms with E-state index in [-0.39, 0.29) is 5.91 Å². The van der Waals surface area contributed by atoms with E-state index in [9.17, 15) is 4.79 Å². The zero-order valence-corrected chi connectivity index (χ0v) is 16.0. The lowest BCUT2D eigenvalue weighted by Crippen LogP contribution is -2.23. The van der Waals surface area contributed by atoms with Gasteiger partial charge in [0.1, 0.15) is 5.75 Å². The Morgan fingerprint density at radius 3 is 2.54 bits per heavy atom. The summed E-state index contributed by atoms with van der Waals surface area (Å²) in [5.74, 6) is 0.609. The molecule has 2 aromatic heterocycles. The minimum atomic E-state index is -0.122. The van der Waals surface area contributed by atoms with Crippen molar-refractivity contribution >= 4 is 5.91 Å². The van der Waals surface area contributed by atoms with Crippen molar-refractivity contribution < 1.29 is 9.53 Å². The predicted molar refractivity (Wildman–Crippen MR) is 107 cm³/mol. The third-order valence-corrected chi connectivity index (χ3v) is 5.22. The molecule has 0 aliphatic heterocycles. The van der Waals surface area contributed by atoms with Crippen LogP contribution in [-0.4, -0.2) is 27.8 Å². The number of carbonyl (C=O) groups is 1. The van der Waals surface area contributed by atoms with E-state index in [1.807, 2.05) is 12.1 Å². The first kappa shape index (κ1) is 18.2. The van der Waals surface area contributed by atoms with Crippen molar-refractivity contribution in [2.24, 2.45) is 0 Å². The normalized spacial score (nSPS) is 14.2. The molecule has 0 atom stereocenters. The third kappa shape index (κ3) is 3.91. The maximum absolute atomic E-state index is 12.4. The number of hydrogen-bond acceptors (Lipinski definition) is 4. The van der Waals surface area contributed by atoms with Gasteiger partial charge in [-0.05, 0) is 55.3 Å². The fraction of sp³-hybridized carbons (Fsp3) is 0.318. The van der Waals surface area contributed by atoms with Crippen LogP contribution < -0.4 is 10.1 Å². The maximum atomic E-state index is 12.4. The number of benzene rings is 1. The molecule has 1 N–H and O–H groups in total. The Morgan fingerprint density at radius 1 is 1.14 bits per heavy atom. The SMILES string of the molecule is COc1ccc(C(=O)NCc2cc(-c3ccncc3)n(C3CCCC3)n2)cc1. The average molecular weight is 376 g/mol. The van der Waals surface area contributed by atoms with Gasteiger partial charge in [-0.3, -0.25) is 14.5 Å². The number of hydrogen-bond donors (Lipinski definition) is 1. The van der Waals surface area contributed by atoms with Crippen LogP contribution in [0.2, 0.25) is 0 Å². The van der Waals surface area contributed by atoms with Gasteiger partial charge in [-0.25, -0.2) is 0 Å². The Hall–Kier alpha value is -3.15. The Bertz CT molecular complexity index is 929. The Balaban J connectivity index is 1.52. The molecule has 1 saturated carbocycles. The van der Waals surface area contributed by atoms with E-state index in [4.69, 9.17) is 9.84 Å². The second kappa shape index (κ2) is 8.25. The van der Waals surface area contributed by atoms with Crippen LogP contribution >= 0.6 is 0 Å². The van der Waals surface area contributed by atoms with E-state index >= 15 is 0 Å². The first-order valence-electron chi connectivity index (χ1n) is 9.65. The van der Waals surface area contributed by atoms with E-state index in [0.29, 0.717) is 18.2 Å². The van der Waals surface area contributed by atoms with Crippen molar-refractivity contribution in [2.75, 3.05) is 7.11 Å². The van der Waals surface area contributed by atoms with Crippen LogP contribution in [0.15, 0.2) is 54.9 Å². The average Bonchev–Trinajstić information content (AvgIpc) is 3.42. The van der Waals surface area contributed by atoms with Crippen LogP contribution in [0.1, 0.15) is 47.8 Å². The lowest BCUT2D eigenvalue weighted by Gasteiger charge is -2.14. The second-order valence-corrected chi connectivity index (χ2v) is 7.05. The van der Waals surface area contributed by atoms with Gasteiger partial charge in [0.05, 0.1) is 31.1 Å². The molecule has 3 aromatic rings. The van der Waals surface area contributed by atoms with Crippen molar-refractivity contribution in [3.63, 3.8) is 0 Å². The van der Waals surface area contributed by atoms with Crippen molar-refractivity contribution in [1.29, 1.82) is 0 Å². The van der Waals surface area contributed by atoms with Crippen LogP contribution in [0.5, 0.6) is 5.75 Å². The first-order valence-corrected chi connectivity index (χ1v) is 9.65. The highest BCUT2D eigenvalue weighted by atomic mass is 16.5. The van der Waals surface area contributed by atoms with E-state index < -0.39 is 0 Å². The van der Waals surface area contributed by atoms with Crippen molar-refractivity contribution in [3.8, 4) is 17.0 Å². The highest BCUT2D eigenvalue weighted by Gasteiger charge is 2.22. The van der Waals surface area contributed by atoms with E-state index in [1.165, 1.54) is 12.8 Å². The number of rotatable bonds is 6. The molecule has 1 amide bonds. The minimum Gasteiger partial charge on any atom is -0.497 e. The fourth-order valence-corrected chi connectivity index (χ4v) is 3.71. The molecular weight excluding hydrogens is 352 g/mol. The molecule has 0 radical (unpaired) electrons. The summed E-state index contributed by atoms with van der Waals surface area (Å²) in [4.78, 5) is 16.6. The largest absolute Gasteiger partial charge is 0.497 e. The molecule has 144 valence electrons. The number of nitrogens with one attached hydrogen (secondary N) is 1. The van der Waals surface area contributed by atoms with Crippen molar-refractivity contribution in [3.05, 3.63) is 66.1 Å². The van der Waals surface area contributed by atoms with Crippen LogP contribution in [0.3, 0.4) is 0 Å². The van der Waals surface area contributed by atoms with Crippen LogP contribution in [-0.2, 0) is 6.54 Å². The number of pyridine rings is 1. The van der Waals surface area contributed by atoms with Crippen LogP contribution in [0.25, 0.3) is 11.3 Å². The summed E-state index contributed by atoms with van der Waals surface area (Å²) in [7, 11) is 1.61. The summed E-state index contributed by atoms with van der Waals surface area (Å²) >= 11 is 0. The molecule has 1 fully saturated rings. The van der Waals surface area contributed by atoms with Gasteiger partial charge in [0.2, 0.25) is 0 Å². The Kier molecular flexibility index (Phi) is 5.37. The summed E-state index contributed by atoms with van der Waals surface area (Å²) in [6.07, 6.45) is 8.38. The molecule has 6 nitrogen and oxygen atoms in total. The predicted octanol–water partition coefficient (Wildman–Crippen LogP) is 4.00. The van der Waals surface area contributed by atoms with E-state index in [1.54, 1.807) is 43.8 Å². The zero-order chi connectivity index (χ0) is 19.3. The second-order valence-electron chi connectivity index (χ2n) is 7.05. The van der Waals surface area contributed by atoms with Gasteiger partial charge in [-0.1, -0.05) is 12.8 Å². The molecule has 1 aliphatic rings. The molecule has 4 rings (SSSR count). The monoisotopic (exact) mass is 376 g/mol. The number of amides is 1. The summed E-state index contributed by atoms with van der Waals surface area (Å²) < 4.78 is 7.27. The van der Waals surface area contributed by atoms with Crippen molar-refractivity contribution in [1.82, 2.24) is 20.1 Å². The number of ether oxygens (including phenoxy) is 1. The summed E-state index contributed by atoms with van der Waals surface area (Å²) in [5, 5.41) is 7.79. The van der Waals surface area contributed by atoms with Crippen LogP contribution in [0, 0.1) is 0 Å². The molecule has 1 aromatic carbocycles. The minimum absolute atomic E-state index is 0.122. The highest BCUT2D eigenvalue weighted by Crippen LogP contribution is 2.33. The van der Waals surface area contributed by atoms with E-state index in [2.05, 4.69) is 21.0 Å². The van der Waals surface area contributed by atoms with Gasteiger partial charge in [0, 0.05) is 23.5 Å². The third-order valence-electron chi connectivity index (χ3n) is 5.22. The quantitative estimate of drug-likeness (QED) is 0.706. The Morgan fingerprint density at radius 2 is 1.86 bits per heavy atom. The molecule has 1 aliphatic carbocycles. The molecule has 0 bridgehead atoms. The molecule has 2 heterocycles. The van der Waals surface area contributed by atoms with Crippen LogP contribution in [0.4, 0.5) is 0 Å². The van der Waals surface area contributed by atoms with Gasteiger partial charge in [-0.15, -0.1) is 0 Å². The van der Waals surface area contributed by atoms with Gasteiger partial charge >= 0.3 is 0 Å². The highest BCUT2D eigenvalue weighted by molar-refractivity contribution is 5.94. The maximum Gasteiger partial charge on any atom is 0.251 e. The Labute approximate surface area is 164 Å². The molecular formula is C22H24N4O2. The molecule has 0 unspecified atom stereocenters. The van der Waals surface area contributed by atoms with Gasteiger partial charge in [0.25, 0.3) is 5.91 Å². The van der Waals surface area contributed by atoms with Gasteiger partial charge < -0.3 is 10.1 Å². The standard InChI is InChI=1S/C22H24N4O2/c1-28-20-8-6-17(7-9-20)22(27)24-15-18-14-21(16-10-12-23-13-11-16)26(25-18)19-4-2-3-5-19/h6-14,19H,2-5,15H2,1H3,(H,24,27). The number of carbonyl (C=O) groups excluding carboxylic acids is 1. The van der Waals surface area contributed by atoms with E-state index in [0.717, 1.165) is 35.5 Å². The first-order chi connectivity index (χ1) is 13.7. The van der Waals surface area contributed by atoms with Gasteiger partial charge in [-0.2, -0.15) is 5.10 Å². The summed E-state index contributed by atoms with van der Waals surface area (Å²) in [6.45, 7) is 0.392.